The molecule has 112 valence electrons. The van der Waals surface area contributed by atoms with Crippen molar-refractivity contribution in [3.63, 3.8) is 0 Å². The first-order chi connectivity index (χ1) is 9.36. The maximum absolute atomic E-state index is 5.39. The van der Waals surface area contributed by atoms with Crippen LogP contribution in [-0.2, 0) is 4.74 Å². The van der Waals surface area contributed by atoms with Gasteiger partial charge in [0.15, 0.2) is 0 Å². The van der Waals surface area contributed by atoms with Crippen LogP contribution in [0.2, 0.25) is 0 Å². The van der Waals surface area contributed by atoms with Crippen molar-refractivity contribution in [2.45, 2.75) is 57.4 Å². The molecule has 0 unspecified atom stereocenters. The zero-order valence-corrected chi connectivity index (χ0v) is 12.7. The smallest absolute Gasteiger partial charge is 0.0469 e. The molecule has 0 atom stereocenters. The van der Waals surface area contributed by atoms with E-state index < -0.39 is 0 Å². The average Bonchev–Trinajstić information content (AvgIpc) is 2.49. The number of rotatable bonds is 7. The third-order valence-corrected chi connectivity index (χ3v) is 4.84. The monoisotopic (exact) mass is 268 g/mol. The molecule has 2 fully saturated rings. The SMILES string of the molecule is CN(CCCNCC1CCOCC1)C1CCCCC1. The molecular formula is C16H32N2O. The molecule has 0 aromatic heterocycles. The summed E-state index contributed by atoms with van der Waals surface area (Å²) in [4.78, 5) is 2.59. The summed E-state index contributed by atoms with van der Waals surface area (Å²) in [5.74, 6) is 0.852. The van der Waals surface area contributed by atoms with Gasteiger partial charge in [0.1, 0.15) is 0 Å². The van der Waals surface area contributed by atoms with E-state index in [9.17, 15) is 0 Å². The highest BCUT2D eigenvalue weighted by Gasteiger charge is 2.17. The van der Waals surface area contributed by atoms with Gasteiger partial charge >= 0.3 is 0 Å². The summed E-state index contributed by atoms with van der Waals surface area (Å²) in [5, 5.41) is 3.63. The highest BCUT2D eigenvalue weighted by Crippen LogP contribution is 2.21. The van der Waals surface area contributed by atoms with Crippen molar-refractivity contribution >= 4 is 0 Å². The van der Waals surface area contributed by atoms with E-state index in [2.05, 4.69) is 17.3 Å². The molecule has 1 saturated heterocycles. The van der Waals surface area contributed by atoms with Crippen molar-refractivity contribution in [3.8, 4) is 0 Å². The fraction of sp³-hybridized carbons (Fsp3) is 1.00. The van der Waals surface area contributed by atoms with E-state index >= 15 is 0 Å². The molecule has 19 heavy (non-hydrogen) atoms. The first-order valence-corrected chi connectivity index (χ1v) is 8.35. The Morgan fingerprint density at radius 1 is 1.05 bits per heavy atom. The predicted octanol–water partition coefficient (Wildman–Crippen LogP) is 2.66. The Labute approximate surface area is 119 Å². The summed E-state index contributed by atoms with van der Waals surface area (Å²) in [6.45, 7) is 5.56. The summed E-state index contributed by atoms with van der Waals surface area (Å²) in [5.41, 5.74) is 0. The van der Waals surface area contributed by atoms with E-state index in [1.807, 2.05) is 0 Å². The molecule has 2 rings (SSSR count). The zero-order valence-electron chi connectivity index (χ0n) is 12.7. The summed E-state index contributed by atoms with van der Waals surface area (Å²) in [7, 11) is 2.31. The Hall–Kier alpha value is -0.120. The quantitative estimate of drug-likeness (QED) is 0.718. The van der Waals surface area contributed by atoms with Crippen LogP contribution >= 0.6 is 0 Å². The Morgan fingerprint density at radius 3 is 2.53 bits per heavy atom. The molecule has 1 aliphatic carbocycles. The first kappa shape index (κ1) is 15.3. The maximum Gasteiger partial charge on any atom is 0.0469 e. The number of hydrogen-bond donors (Lipinski definition) is 1. The van der Waals surface area contributed by atoms with Crippen LogP contribution in [0, 0.1) is 5.92 Å². The molecule has 0 aromatic carbocycles. The van der Waals surface area contributed by atoms with Gasteiger partial charge in [-0.2, -0.15) is 0 Å². The van der Waals surface area contributed by atoms with E-state index in [-0.39, 0.29) is 0 Å². The van der Waals surface area contributed by atoms with Gasteiger partial charge in [-0.15, -0.1) is 0 Å². The Kier molecular flexibility index (Phi) is 7.18. The summed E-state index contributed by atoms with van der Waals surface area (Å²) < 4.78 is 5.39. The van der Waals surface area contributed by atoms with Crippen molar-refractivity contribution in [1.82, 2.24) is 10.2 Å². The van der Waals surface area contributed by atoms with Gasteiger partial charge in [-0.05, 0) is 64.7 Å². The molecule has 0 aromatic rings. The highest BCUT2D eigenvalue weighted by molar-refractivity contribution is 4.73. The van der Waals surface area contributed by atoms with Crippen LogP contribution in [0.5, 0.6) is 0 Å². The molecule has 0 bridgehead atoms. The van der Waals surface area contributed by atoms with Gasteiger partial charge in [-0.3, -0.25) is 0 Å². The van der Waals surface area contributed by atoms with Gasteiger partial charge in [0, 0.05) is 19.3 Å². The lowest BCUT2D eigenvalue weighted by molar-refractivity contribution is 0.0662. The lowest BCUT2D eigenvalue weighted by atomic mass is 9.94. The van der Waals surface area contributed by atoms with E-state index in [1.165, 1.54) is 71.0 Å². The van der Waals surface area contributed by atoms with Gasteiger partial charge < -0.3 is 15.0 Å². The van der Waals surface area contributed by atoms with Crippen molar-refractivity contribution in [2.24, 2.45) is 5.92 Å². The van der Waals surface area contributed by atoms with Crippen LogP contribution in [0.15, 0.2) is 0 Å². The lowest BCUT2D eigenvalue weighted by Crippen LogP contribution is -2.36. The minimum Gasteiger partial charge on any atom is -0.381 e. The second-order valence-electron chi connectivity index (χ2n) is 6.39. The van der Waals surface area contributed by atoms with Crippen LogP contribution in [0.1, 0.15) is 51.4 Å². The molecule has 2 aliphatic rings. The highest BCUT2D eigenvalue weighted by atomic mass is 16.5. The normalized spacial score (nSPS) is 23.1. The standard InChI is InChI=1S/C16H32N2O/c1-18(16-6-3-2-4-7-16)11-5-10-17-14-15-8-12-19-13-9-15/h15-17H,2-14H2,1H3. The van der Waals surface area contributed by atoms with Crippen LogP contribution in [0.3, 0.4) is 0 Å². The van der Waals surface area contributed by atoms with Crippen LogP contribution < -0.4 is 5.32 Å². The number of nitrogens with one attached hydrogen (secondary N) is 1. The third-order valence-electron chi connectivity index (χ3n) is 4.84. The lowest BCUT2D eigenvalue weighted by Gasteiger charge is -2.31. The molecule has 0 radical (unpaired) electrons. The summed E-state index contributed by atoms with van der Waals surface area (Å²) in [6, 6.07) is 0.865. The van der Waals surface area contributed by atoms with E-state index in [0.29, 0.717) is 0 Å². The van der Waals surface area contributed by atoms with Crippen molar-refractivity contribution in [2.75, 3.05) is 39.9 Å². The summed E-state index contributed by atoms with van der Waals surface area (Å²) >= 11 is 0. The second kappa shape index (κ2) is 8.93. The van der Waals surface area contributed by atoms with Crippen LogP contribution in [-0.4, -0.2) is 50.8 Å². The molecule has 1 heterocycles. The third kappa shape index (κ3) is 5.80. The average molecular weight is 268 g/mol. The van der Waals surface area contributed by atoms with E-state index in [4.69, 9.17) is 4.74 Å². The minimum atomic E-state index is 0.852. The molecule has 3 nitrogen and oxygen atoms in total. The van der Waals surface area contributed by atoms with Gasteiger partial charge in [0.25, 0.3) is 0 Å². The summed E-state index contributed by atoms with van der Waals surface area (Å²) in [6.07, 6.45) is 11.0. The van der Waals surface area contributed by atoms with Gasteiger partial charge in [-0.25, -0.2) is 0 Å². The number of nitrogens with zero attached hydrogens (tertiary/aromatic N) is 1. The molecule has 0 spiro atoms. The Bertz CT molecular complexity index is 223. The fourth-order valence-electron chi connectivity index (χ4n) is 3.41. The topological polar surface area (TPSA) is 24.5 Å². The fourth-order valence-corrected chi connectivity index (χ4v) is 3.41. The van der Waals surface area contributed by atoms with Crippen LogP contribution in [0.4, 0.5) is 0 Å². The molecular weight excluding hydrogens is 236 g/mol. The first-order valence-electron chi connectivity index (χ1n) is 8.35. The van der Waals surface area contributed by atoms with Gasteiger partial charge in [0.05, 0.1) is 0 Å². The largest absolute Gasteiger partial charge is 0.381 e. The zero-order chi connectivity index (χ0) is 13.3. The molecule has 3 heteroatoms. The number of hydrogen-bond acceptors (Lipinski definition) is 3. The molecule has 1 saturated carbocycles. The van der Waals surface area contributed by atoms with Gasteiger partial charge in [0.2, 0.25) is 0 Å². The van der Waals surface area contributed by atoms with E-state index in [1.54, 1.807) is 0 Å². The maximum atomic E-state index is 5.39. The van der Waals surface area contributed by atoms with Crippen molar-refractivity contribution in [1.29, 1.82) is 0 Å². The molecule has 0 amide bonds. The molecule has 1 aliphatic heterocycles. The number of ether oxygens (including phenoxy) is 1. The van der Waals surface area contributed by atoms with Crippen molar-refractivity contribution in [3.05, 3.63) is 0 Å². The Morgan fingerprint density at radius 2 is 1.79 bits per heavy atom. The van der Waals surface area contributed by atoms with Crippen LogP contribution in [0.25, 0.3) is 0 Å². The minimum absolute atomic E-state index is 0.852. The predicted molar refractivity (Wildman–Crippen MR) is 80.5 cm³/mol. The Balaban J connectivity index is 1.46. The second-order valence-corrected chi connectivity index (χ2v) is 6.39. The van der Waals surface area contributed by atoms with E-state index in [0.717, 1.165) is 25.2 Å². The molecule has 1 N–H and O–H groups in total. The van der Waals surface area contributed by atoms with Gasteiger partial charge in [-0.1, -0.05) is 19.3 Å². The van der Waals surface area contributed by atoms with Crippen molar-refractivity contribution < 1.29 is 4.74 Å².